The first-order valence-corrected chi connectivity index (χ1v) is 10.3. The maximum Gasteiger partial charge on any atom is 0.165 e. The summed E-state index contributed by atoms with van der Waals surface area (Å²) < 4.78 is 12.8. The average molecular weight is 366 g/mol. The lowest BCUT2D eigenvalue weighted by molar-refractivity contribution is -0.209. The number of aromatic hydroxyl groups is 1. The van der Waals surface area contributed by atoms with Gasteiger partial charge in [-0.1, -0.05) is 24.6 Å². The molecule has 4 nitrogen and oxygen atoms in total. The summed E-state index contributed by atoms with van der Waals surface area (Å²) in [6.07, 6.45) is 10.5. The van der Waals surface area contributed by atoms with Crippen LogP contribution in [0.2, 0.25) is 0 Å². The monoisotopic (exact) mass is 366 g/mol. The van der Waals surface area contributed by atoms with Gasteiger partial charge < -0.3 is 19.4 Å². The van der Waals surface area contributed by atoms with Gasteiger partial charge >= 0.3 is 0 Å². The summed E-state index contributed by atoms with van der Waals surface area (Å²) in [4.78, 5) is 12.1. The summed E-state index contributed by atoms with van der Waals surface area (Å²) >= 11 is 0. The molecule has 0 amide bonds. The van der Waals surface area contributed by atoms with Crippen LogP contribution < -0.4 is 4.74 Å². The van der Waals surface area contributed by atoms with Gasteiger partial charge in [-0.25, -0.2) is 0 Å². The highest BCUT2D eigenvalue weighted by atomic mass is 16.6. The van der Waals surface area contributed by atoms with Crippen LogP contribution in [0.15, 0.2) is 24.3 Å². The minimum absolute atomic E-state index is 0.0162. The van der Waals surface area contributed by atoms with Crippen LogP contribution >= 0.6 is 0 Å². The Bertz CT molecular complexity index is 904. The number of methoxy groups -OCH3 is 1. The molecule has 2 saturated carbocycles. The number of allylic oxidation sites excluding steroid dienone is 1. The molecule has 1 heterocycles. The van der Waals surface area contributed by atoms with E-state index in [0.29, 0.717) is 18.1 Å². The highest BCUT2D eigenvalue weighted by molar-refractivity contribution is 5.76. The van der Waals surface area contributed by atoms with Crippen molar-refractivity contribution in [2.24, 2.45) is 17.3 Å². The number of hydrogen-bond donors (Lipinski definition) is 1. The zero-order chi connectivity index (χ0) is 18.6. The number of phenolic OH excluding ortho intramolecular Hbond substituents is 1. The van der Waals surface area contributed by atoms with Gasteiger partial charge in [-0.05, 0) is 50.2 Å². The molecule has 1 aromatic carbocycles. The van der Waals surface area contributed by atoms with E-state index in [2.05, 4.69) is 18.2 Å². The predicted molar refractivity (Wildman–Crippen MR) is 100.0 cm³/mol. The molecule has 27 heavy (non-hydrogen) atoms. The Hall–Kier alpha value is -1.81. The van der Waals surface area contributed by atoms with E-state index in [1.807, 2.05) is 0 Å². The molecule has 4 bridgehead atoms. The lowest BCUT2D eigenvalue weighted by atomic mass is 9.34. The molecule has 1 aromatic rings. The zero-order valence-corrected chi connectivity index (χ0v) is 16.0. The number of fused-ring (bicyclic) bond motifs is 1. The topological polar surface area (TPSA) is 55.8 Å². The number of ketones is 1. The molecule has 0 aromatic heterocycles. The Morgan fingerprint density at radius 1 is 1.37 bits per heavy atom. The van der Waals surface area contributed by atoms with E-state index in [4.69, 9.17) is 9.47 Å². The first-order valence-electron chi connectivity index (χ1n) is 10.3. The van der Waals surface area contributed by atoms with Crippen molar-refractivity contribution in [2.75, 3.05) is 7.11 Å². The van der Waals surface area contributed by atoms with Gasteiger partial charge in [0.1, 0.15) is 17.5 Å². The molecular formula is C23H26O4. The van der Waals surface area contributed by atoms with Crippen molar-refractivity contribution in [1.29, 1.82) is 0 Å². The van der Waals surface area contributed by atoms with Gasteiger partial charge in [-0.15, -0.1) is 0 Å². The third kappa shape index (κ3) is 1.53. The molecule has 6 atom stereocenters. The number of rotatable bonds is 3. The van der Waals surface area contributed by atoms with Crippen LogP contribution in [0.4, 0.5) is 0 Å². The number of Topliss-reactive ketones (excluding diaryl/α,β-unsaturated/α-hetero) is 1. The van der Waals surface area contributed by atoms with Crippen molar-refractivity contribution in [2.45, 2.75) is 62.6 Å². The van der Waals surface area contributed by atoms with Gasteiger partial charge in [0.25, 0.3) is 0 Å². The molecule has 0 unspecified atom stereocenters. The molecule has 5 aliphatic carbocycles. The number of ether oxygens (including phenoxy) is 2. The number of phenols is 1. The fourth-order valence-electron chi connectivity index (χ4n) is 7.89. The SMILES string of the molecule is CO[C@]12C=C[C@]3(C[C@H]1CC(C)=O)[C@H]1CCC[C@]34c3c(ccc(O)c3O[C@H]24)C1. The molecule has 2 spiro atoms. The van der Waals surface area contributed by atoms with Crippen molar-refractivity contribution >= 4 is 5.78 Å². The van der Waals surface area contributed by atoms with Crippen LogP contribution in [0.3, 0.4) is 0 Å². The maximum atomic E-state index is 12.1. The third-order valence-electron chi connectivity index (χ3n) is 8.66. The number of carbonyl (C=O) groups excluding carboxylic acids is 1. The lowest BCUT2D eigenvalue weighted by Gasteiger charge is -2.70. The van der Waals surface area contributed by atoms with Gasteiger partial charge in [0.05, 0.1) is 0 Å². The quantitative estimate of drug-likeness (QED) is 0.829. The van der Waals surface area contributed by atoms with E-state index in [0.717, 1.165) is 19.3 Å². The highest BCUT2D eigenvalue weighted by Crippen LogP contribution is 2.76. The second-order valence-electron chi connectivity index (χ2n) is 9.45. The predicted octanol–water partition coefficient (Wildman–Crippen LogP) is 3.69. The van der Waals surface area contributed by atoms with E-state index in [9.17, 15) is 9.90 Å². The number of carbonyl (C=O) groups is 1. The minimum atomic E-state index is -0.602. The van der Waals surface area contributed by atoms with Crippen molar-refractivity contribution < 1.29 is 19.4 Å². The first kappa shape index (κ1) is 16.2. The Morgan fingerprint density at radius 3 is 3.00 bits per heavy atom. The van der Waals surface area contributed by atoms with Crippen molar-refractivity contribution in [3.8, 4) is 11.5 Å². The second kappa shape index (κ2) is 4.78. The molecule has 0 saturated heterocycles. The number of hydrogen-bond acceptors (Lipinski definition) is 4. The van der Waals surface area contributed by atoms with E-state index in [1.54, 1.807) is 20.1 Å². The molecule has 4 heteroatoms. The molecular weight excluding hydrogens is 340 g/mol. The summed E-state index contributed by atoms with van der Waals surface area (Å²) in [5, 5.41) is 10.6. The lowest BCUT2D eigenvalue weighted by Crippen LogP contribution is -2.75. The third-order valence-corrected chi connectivity index (χ3v) is 8.66. The molecule has 7 rings (SSSR count). The molecule has 1 N–H and O–H groups in total. The normalized spacial score (nSPS) is 44.7. The van der Waals surface area contributed by atoms with Crippen molar-refractivity contribution in [3.63, 3.8) is 0 Å². The van der Waals surface area contributed by atoms with Crippen LogP contribution in [0, 0.1) is 17.3 Å². The van der Waals surface area contributed by atoms with Crippen molar-refractivity contribution in [1.82, 2.24) is 0 Å². The first-order chi connectivity index (χ1) is 13.0. The maximum absolute atomic E-state index is 12.1. The van der Waals surface area contributed by atoms with E-state index in [-0.39, 0.29) is 34.4 Å². The Kier molecular flexibility index (Phi) is 2.86. The molecule has 1 aliphatic heterocycles. The Balaban J connectivity index is 1.67. The highest BCUT2D eigenvalue weighted by Gasteiger charge is 2.78. The largest absolute Gasteiger partial charge is 0.504 e. The molecule has 6 aliphatic rings. The summed E-state index contributed by atoms with van der Waals surface area (Å²) in [7, 11) is 1.75. The number of benzene rings is 1. The zero-order valence-electron chi connectivity index (χ0n) is 16.0. The van der Waals surface area contributed by atoms with E-state index >= 15 is 0 Å². The standard InChI is InChI=1S/C23H26O4/c1-13(24)10-16-12-21-8-9-23(16,26-2)20-22(21)7-3-4-15(21)11-14-5-6-17(25)19(27-20)18(14)22/h5-6,8-9,15-16,20,25H,3-4,7,10-12H2,1-2H3/t15-,16+,20-,21-,22+,23+/m0/s1. The van der Waals surface area contributed by atoms with Gasteiger partial charge in [0, 0.05) is 35.8 Å². The molecule has 2 fully saturated rings. The molecule has 142 valence electrons. The van der Waals surface area contributed by atoms with E-state index < -0.39 is 5.60 Å². The van der Waals surface area contributed by atoms with Gasteiger partial charge in [-0.2, -0.15) is 0 Å². The fraction of sp³-hybridized carbons (Fsp3) is 0.609. The van der Waals surface area contributed by atoms with E-state index in [1.165, 1.54) is 24.0 Å². The van der Waals surface area contributed by atoms with Crippen LogP contribution in [0.25, 0.3) is 0 Å². The van der Waals surface area contributed by atoms with Crippen LogP contribution in [-0.4, -0.2) is 29.7 Å². The Morgan fingerprint density at radius 2 is 2.22 bits per heavy atom. The minimum Gasteiger partial charge on any atom is -0.504 e. The summed E-state index contributed by atoms with van der Waals surface area (Å²) in [6.45, 7) is 1.68. The average Bonchev–Trinajstić information content (AvgIpc) is 2.99. The van der Waals surface area contributed by atoms with Crippen LogP contribution in [0.1, 0.15) is 50.2 Å². The summed E-state index contributed by atoms with van der Waals surface area (Å²) in [5.74, 6) is 1.83. The van der Waals surface area contributed by atoms with Crippen LogP contribution in [-0.2, 0) is 21.4 Å². The van der Waals surface area contributed by atoms with Gasteiger partial charge in [0.15, 0.2) is 11.5 Å². The molecule has 0 radical (unpaired) electrons. The van der Waals surface area contributed by atoms with Crippen molar-refractivity contribution in [3.05, 3.63) is 35.4 Å². The van der Waals surface area contributed by atoms with Gasteiger partial charge in [-0.3, -0.25) is 0 Å². The van der Waals surface area contributed by atoms with Gasteiger partial charge in [0.2, 0.25) is 0 Å². The summed E-state index contributed by atoms with van der Waals surface area (Å²) in [5.41, 5.74) is 1.87. The Labute approximate surface area is 159 Å². The second-order valence-corrected chi connectivity index (χ2v) is 9.45. The fourth-order valence-corrected chi connectivity index (χ4v) is 7.89. The smallest absolute Gasteiger partial charge is 0.165 e. The van der Waals surface area contributed by atoms with Crippen LogP contribution in [0.5, 0.6) is 11.5 Å². The summed E-state index contributed by atoms with van der Waals surface area (Å²) in [6, 6.07) is 3.89.